The van der Waals surface area contributed by atoms with Crippen LogP contribution in [0, 0.1) is 0 Å². The van der Waals surface area contributed by atoms with Crippen molar-refractivity contribution in [3.8, 4) is 0 Å². The minimum atomic E-state index is 0.0550. The Morgan fingerprint density at radius 2 is 1.59 bits per heavy atom. The number of rotatable bonds is 5. The smallest absolute Gasteiger partial charge is 0.253 e. The summed E-state index contributed by atoms with van der Waals surface area (Å²) in [4.78, 5) is 15.7. The Balaban J connectivity index is 2.71. The molecule has 0 saturated carbocycles. The van der Waals surface area contributed by atoms with E-state index < -0.39 is 0 Å². The lowest BCUT2D eigenvalue weighted by atomic mass is 10.1. The molecular formula is C14H22N2O. The summed E-state index contributed by atoms with van der Waals surface area (Å²) in [7, 11) is 3.54. The fraction of sp³-hybridized carbons (Fsp3) is 0.500. The molecule has 0 bridgehead atoms. The van der Waals surface area contributed by atoms with Crippen molar-refractivity contribution in [3.63, 3.8) is 0 Å². The fourth-order valence-corrected chi connectivity index (χ4v) is 1.72. The summed E-state index contributed by atoms with van der Waals surface area (Å²) >= 11 is 0. The molecular weight excluding hydrogens is 212 g/mol. The van der Waals surface area contributed by atoms with Crippen LogP contribution < -0.4 is 0 Å². The first-order chi connectivity index (χ1) is 8.08. The zero-order valence-electron chi connectivity index (χ0n) is 11.2. The Hall–Kier alpha value is -1.35. The molecule has 0 spiro atoms. The van der Waals surface area contributed by atoms with Gasteiger partial charge in [-0.15, -0.1) is 0 Å². The van der Waals surface area contributed by atoms with Crippen LogP contribution in [0.2, 0.25) is 0 Å². The lowest BCUT2D eigenvalue weighted by Crippen LogP contribution is -2.23. The van der Waals surface area contributed by atoms with Crippen LogP contribution in [0.1, 0.15) is 29.8 Å². The molecule has 1 aromatic carbocycles. The van der Waals surface area contributed by atoms with Gasteiger partial charge in [-0.25, -0.2) is 0 Å². The van der Waals surface area contributed by atoms with Gasteiger partial charge in [0.2, 0.25) is 0 Å². The van der Waals surface area contributed by atoms with E-state index in [9.17, 15) is 4.79 Å². The van der Waals surface area contributed by atoms with Crippen molar-refractivity contribution >= 4 is 5.91 Å². The van der Waals surface area contributed by atoms with Crippen LogP contribution in [-0.2, 0) is 6.54 Å². The third kappa shape index (κ3) is 3.86. The van der Waals surface area contributed by atoms with Gasteiger partial charge in [-0.1, -0.05) is 26.0 Å². The lowest BCUT2D eigenvalue weighted by Gasteiger charge is -2.18. The third-order valence-corrected chi connectivity index (χ3v) is 2.91. The van der Waals surface area contributed by atoms with E-state index in [-0.39, 0.29) is 5.91 Å². The molecule has 0 aromatic heterocycles. The number of carbonyl (C=O) groups excluding carboxylic acids is 1. The normalized spacial score (nSPS) is 10.6. The molecule has 0 atom stereocenters. The van der Waals surface area contributed by atoms with Gasteiger partial charge in [0, 0.05) is 26.2 Å². The number of amides is 1. The van der Waals surface area contributed by atoms with Crippen molar-refractivity contribution < 1.29 is 4.79 Å². The lowest BCUT2D eigenvalue weighted by molar-refractivity contribution is 0.0827. The molecule has 0 fully saturated rings. The van der Waals surface area contributed by atoms with E-state index in [0.717, 1.165) is 25.2 Å². The summed E-state index contributed by atoms with van der Waals surface area (Å²) in [6, 6.07) is 7.88. The second kappa shape index (κ2) is 6.40. The molecule has 0 aliphatic carbocycles. The fourth-order valence-electron chi connectivity index (χ4n) is 1.72. The average Bonchev–Trinajstić information content (AvgIpc) is 2.35. The standard InChI is InChI=1S/C14H22N2O/c1-5-16(6-2)11-12-7-9-13(10-8-12)14(17)15(3)4/h7-10H,5-6,11H2,1-4H3. The third-order valence-electron chi connectivity index (χ3n) is 2.91. The van der Waals surface area contributed by atoms with Gasteiger partial charge in [-0.3, -0.25) is 9.69 Å². The first kappa shape index (κ1) is 13.7. The van der Waals surface area contributed by atoms with Gasteiger partial charge in [-0.05, 0) is 30.8 Å². The van der Waals surface area contributed by atoms with Crippen LogP contribution in [0.4, 0.5) is 0 Å². The van der Waals surface area contributed by atoms with Crippen LogP contribution in [0.3, 0.4) is 0 Å². The van der Waals surface area contributed by atoms with Gasteiger partial charge >= 0.3 is 0 Å². The van der Waals surface area contributed by atoms with E-state index >= 15 is 0 Å². The SMILES string of the molecule is CCN(CC)Cc1ccc(C(=O)N(C)C)cc1. The van der Waals surface area contributed by atoms with E-state index in [1.54, 1.807) is 19.0 Å². The summed E-state index contributed by atoms with van der Waals surface area (Å²) in [6.07, 6.45) is 0. The largest absolute Gasteiger partial charge is 0.345 e. The summed E-state index contributed by atoms with van der Waals surface area (Å²) in [6.45, 7) is 7.37. The molecule has 0 N–H and O–H groups in total. The quantitative estimate of drug-likeness (QED) is 0.780. The van der Waals surface area contributed by atoms with Gasteiger partial charge in [-0.2, -0.15) is 0 Å². The molecule has 0 aliphatic rings. The Morgan fingerprint density at radius 3 is 2.00 bits per heavy atom. The van der Waals surface area contributed by atoms with E-state index in [1.807, 2.05) is 24.3 Å². The maximum atomic E-state index is 11.7. The number of hydrogen-bond donors (Lipinski definition) is 0. The van der Waals surface area contributed by atoms with E-state index in [2.05, 4.69) is 18.7 Å². The summed E-state index contributed by atoms with van der Waals surface area (Å²) in [5.74, 6) is 0.0550. The molecule has 3 nitrogen and oxygen atoms in total. The number of hydrogen-bond acceptors (Lipinski definition) is 2. The predicted octanol–water partition coefficient (Wildman–Crippen LogP) is 2.23. The monoisotopic (exact) mass is 234 g/mol. The van der Waals surface area contributed by atoms with Crippen LogP contribution >= 0.6 is 0 Å². The molecule has 1 rings (SSSR count). The second-order valence-electron chi connectivity index (χ2n) is 4.36. The molecule has 0 radical (unpaired) electrons. The zero-order valence-corrected chi connectivity index (χ0v) is 11.2. The zero-order chi connectivity index (χ0) is 12.8. The number of carbonyl (C=O) groups is 1. The Kier molecular flexibility index (Phi) is 5.16. The minimum absolute atomic E-state index is 0.0550. The van der Waals surface area contributed by atoms with Gasteiger partial charge in [0.1, 0.15) is 0 Å². The van der Waals surface area contributed by atoms with Gasteiger partial charge in [0.15, 0.2) is 0 Å². The van der Waals surface area contributed by atoms with Crippen molar-refractivity contribution in [2.75, 3.05) is 27.2 Å². The van der Waals surface area contributed by atoms with Crippen molar-refractivity contribution in [3.05, 3.63) is 35.4 Å². The molecule has 17 heavy (non-hydrogen) atoms. The Morgan fingerprint density at radius 1 is 1.06 bits per heavy atom. The van der Waals surface area contributed by atoms with E-state index in [0.29, 0.717) is 0 Å². The highest BCUT2D eigenvalue weighted by molar-refractivity contribution is 5.93. The van der Waals surface area contributed by atoms with Crippen LogP contribution in [0.5, 0.6) is 0 Å². The molecule has 3 heteroatoms. The van der Waals surface area contributed by atoms with Crippen LogP contribution in [0.15, 0.2) is 24.3 Å². The summed E-state index contributed by atoms with van der Waals surface area (Å²) < 4.78 is 0. The average molecular weight is 234 g/mol. The van der Waals surface area contributed by atoms with E-state index in [4.69, 9.17) is 0 Å². The number of nitrogens with zero attached hydrogens (tertiary/aromatic N) is 2. The molecule has 0 aliphatic heterocycles. The number of benzene rings is 1. The van der Waals surface area contributed by atoms with Crippen LogP contribution in [-0.4, -0.2) is 42.9 Å². The molecule has 1 amide bonds. The van der Waals surface area contributed by atoms with Crippen molar-refractivity contribution in [2.45, 2.75) is 20.4 Å². The highest BCUT2D eigenvalue weighted by atomic mass is 16.2. The molecule has 0 unspecified atom stereocenters. The second-order valence-corrected chi connectivity index (χ2v) is 4.36. The first-order valence-electron chi connectivity index (χ1n) is 6.11. The first-order valence-corrected chi connectivity index (χ1v) is 6.11. The maximum absolute atomic E-state index is 11.7. The van der Waals surface area contributed by atoms with Gasteiger partial charge in [0.05, 0.1) is 0 Å². The van der Waals surface area contributed by atoms with Gasteiger partial charge in [0.25, 0.3) is 5.91 Å². The molecule has 94 valence electrons. The molecule has 1 aromatic rings. The van der Waals surface area contributed by atoms with Crippen LogP contribution in [0.25, 0.3) is 0 Å². The highest BCUT2D eigenvalue weighted by Gasteiger charge is 2.07. The highest BCUT2D eigenvalue weighted by Crippen LogP contribution is 2.08. The van der Waals surface area contributed by atoms with E-state index in [1.165, 1.54) is 5.56 Å². The molecule has 0 saturated heterocycles. The summed E-state index contributed by atoms with van der Waals surface area (Å²) in [5.41, 5.74) is 2.00. The topological polar surface area (TPSA) is 23.6 Å². The predicted molar refractivity (Wildman–Crippen MR) is 71.1 cm³/mol. The Bertz CT molecular complexity index is 353. The maximum Gasteiger partial charge on any atom is 0.253 e. The minimum Gasteiger partial charge on any atom is -0.345 e. The van der Waals surface area contributed by atoms with Crippen molar-refractivity contribution in [1.82, 2.24) is 9.80 Å². The summed E-state index contributed by atoms with van der Waals surface area (Å²) in [5, 5.41) is 0. The molecule has 0 heterocycles. The van der Waals surface area contributed by atoms with Crippen molar-refractivity contribution in [1.29, 1.82) is 0 Å². The van der Waals surface area contributed by atoms with Crippen molar-refractivity contribution in [2.24, 2.45) is 0 Å². The van der Waals surface area contributed by atoms with Gasteiger partial charge < -0.3 is 4.90 Å². The Labute approximate surface area is 104 Å².